The van der Waals surface area contributed by atoms with Crippen LogP contribution in [0.15, 0.2) is 23.1 Å². The monoisotopic (exact) mass is 441 g/mol. The zero-order valence-corrected chi connectivity index (χ0v) is 18.0. The quantitative estimate of drug-likeness (QED) is 0.516. The SMILES string of the molecule is O=C(CCNS(=O)(=O)c1ccc2c(c1)OCCCO2)NCCCCN1CCOCC1. The molecule has 168 valence electrons. The van der Waals surface area contributed by atoms with Crippen LogP contribution in [-0.2, 0) is 19.6 Å². The van der Waals surface area contributed by atoms with E-state index >= 15 is 0 Å². The smallest absolute Gasteiger partial charge is 0.240 e. The van der Waals surface area contributed by atoms with Crippen LogP contribution < -0.4 is 19.5 Å². The number of morpholine rings is 1. The number of fused-ring (bicyclic) bond motifs is 1. The van der Waals surface area contributed by atoms with E-state index in [0.29, 0.717) is 31.3 Å². The lowest BCUT2D eigenvalue weighted by Gasteiger charge is -2.26. The predicted octanol–water partition coefficient (Wildman–Crippen LogP) is 0.745. The first-order valence-corrected chi connectivity index (χ1v) is 12.0. The molecular formula is C20H31N3O6S. The molecule has 0 aromatic heterocycles. The Bertz CT molecular complexity index is 796. The molecule has 0 unspecified atom stereocenters. The van der Waals surface area contributed by atoms with Crippen molar-refractivity contribution >= 4 is 15.9 Å². The molecule has 2 aliphatic heterocycles. The molecular weight excluding hydrogens is 410 g/mol. The first kappa shape index (κ1) is 22.8. The summed E-state index contributed by atoms with van der Waals surface area (Å²) < 4.78 is 43.8. The number of hydrogen-bond acceptors (Lipinski definition) is 7. The number of sulfonamides is 1. The fraction of sp³-hybridized carbons (Fsp3) is 0.650. The largest absolute Gasteiger partial charge is 0.490 e. The average molecular weight is 442 g/mol. The van der Waals surface area contributed by atoms with Crippen molar-refractivity contribution in [2.75, 3.05) is 59.2 Å². The summed E-state index contributed by atoms with van der Waals surface area (Å²) >= 11 is 0. The summed E-state index contributed by atoms with van der Waals surface area (Å²) in [6, 6.07) is 4.53. The summed E-state index contributed by atoms with van der Waals surface area (Å²) in [4.78, 5) is 14.4. The lowest BCUT2D eigenvalue weighted by molar-refractivity contribution is -0.120. The van der Waals surface area contributed by atoms with Crippen LogP contribution in [0.25, 0.3) is 0 Å². The highest BCUT2D eigenvalue weighted by Gasteiger charge is 2.19. The molecule has 2 aliphatic rings. The molecule has 0 saturated carbocycles. The lowest BCUT2D eigenvalue weighted by Crippen LogP contribution is -2.37. The predicted molar refractivity (Wildman–Crippen MR) is 111 cm³/mol. The minimum absolute atomic E-state index is 0.0381. The van der Waals surface area contributed by atoms with Crippen LogP contribution >= 0.6 is 0 Å². The van der Waals surface area contributed by atoms with Gasteiger partial charge in [0.1, 0.15) is 0 Å². The Hall–Kier alpha value is -1.88. The first-order chi connectivity index (χ1) is 14.5. The van der Waals surface area contributed by atoms with Gasteiger partial charge >= 0.3 is 0 Å². The van der Waals surface area contributed by atoms with Gasteiger partial charge in [-0.25, -0.2) is 13.1 Å². The van der Waals surface area contributed by atoms with Crippen molar-refractivity contribution in [3.8, 4) is 11.5 Å². The van der Waals surface area contributed by atoms with Crippen molar-refractivity contribution in [3.05, 3.63) is 18.2 Å². The lowest BCUT2D eigenvalue weighted by atomic mass is 10.2. The zero-order valence-electron chi connectivity index (χ0n) is 17.2. The third-order valence-electron chi connectivity index (χ3n) is 5.00. The third-order valence-corrected chi connectivity index (χ3v) is 6.46. The van der Waals surface area contributed by atoms with Crippen LogP contribution in [0.1, 0.15) is 25.7 Å². The van der Waals surface area contributed by atoms with Gasteiger partial charge in [0.25, 0.3) is 0 Å². The number of rotatable bonds is 10. The summed E-state index contributed by atoms with van der Waals surface area (Å²) in [5.74, 6) is 0.798. The summed E-state index contributed by atoms with van der Waals surface area (Å²) in [5.41, 5.74) is 0. The highest BCUT2D eigenvalue weighted by atomic mass is 32.2. The van der Waals surface area contributed by atoms with Crippen LogP contribution in [0.3, 0.4) is 0 Å². The second kappa shape index (κ2) is 11.5. The molecule has 1 amide bonds. The molecule has 2 N–H and O–H groups in total. The second-order valence-corrected chi connectivity index (χ2v) is 9.08. The molecule has 30 heavy (non-hydrogen) atoms. The van der Waals surface area contributed by atoms with E-state index in [1.165, 1.54) is 12.1 Å². The Labute approximate surface area is 178 Å². The maximum atomic E-state index is 12.5. The van der Waals surface area contributed by atoms with Crippen LogP contribution in [0.5, 0.6) is 11.5 Å². The molecule has 10 heteroatoms. The molecule has 1 aromatic rings. The van der Waals surface area contributed by atoms with Crippen LogP contribution in [0, 0.1) is 0 Å². The van der Waals surface area contributed by atoms with Crippen molar-refractivity contribution in [1.82, 2.24) is 14.9 Å². The first-order valence-electron chi connectivity index (χ1n) is 10.5. The molecule has 1 saturated heterocycles. The molecule has 1 aromatic carbocycles. The van der Waals surface area contributed by atoms with Gasteiger partial charge in [0.15, 0.2) is 11.5 Å². The molecule has 0 atom stereocenters. The third kappa shape index (κ3) is 7.12. The zero-order chi connectivity index (χ0) is 21.2. The Morgan fingerprint density at radius 1 is 1.00 bits per heavy atom. The van der Waals surface area contributed by atoms with E-state index in [-0.39, 0.29) is 23.8 Å². The summed E-state index contributed by atoms with van der Waals surface area (Å²) in [6.45, 7) is 6.18. The molecule has 1 fully saturated rings. The van der Waals surface area contributed by atoms with E-state index in [1.807, 2.05) is 0 Å². The van der Waals surface area contributed by atoms with Crippen molar-refractivity contribution in [2.24, 2.45) is 0 Å². The van der Waals surface area contributed by atoms with E-state index in [2.05, 4.69) is 14.9 Å². The van der Waals surface area contributed by atoms with E-state index in [0.717, 1.165) is 52.1 Å². The average Bonchev–Trinajstić information content (AvgIpc) is 2.99. The molecule has 9 nitrogen and oxygen atoms in total. The Kier molecular flexibility index (Phi) is 8.74. The number of nitrogens with one attached hydrogen (secondary N) is 2. The van der Waals surface area contributed by atoms with Crippen molar-refractivity contribution in [2.45, 2.75) is 30.6 Å². The Morgan fingerprint density at radius 2 is 1.77 bits per heavy atom. The second-order valence-electron chi connectivity index (χ2n) is 7.32. The number of unbranched alkanes of at least 4 members (excludes halogenated alkanes) is 1. The molecule has 0 radical (unpaired) electrons. The molecule has 0 bridgehead atoms. The van der Waals surface area contributed by atoms with E-state index in [4.69, 9.17) is 14.2 Å². The van der Waals surface area contributed by atoms with Gasteiger partial charge in [-0.2, -0.15) is 0 Å². The van der Waals surface area contributed by atoms with Crippen LogP contribution in [-0.4, -0.2) is 78.4 Å². The number of carbonyl (C=O) groups is 1. The number of carbonyl (C=O) groups excluding carboxylic acids is 1. The minimum atomic E-state index is -3.72. The standard InChI is InChI=1S/C20H31N3O6S/c24-20(21-7-1-2-9-23-10-14-27-15-11-23)6-8-22-30(25,26)17-4-5-18-19(16-17)29-13-3-12-28-18/h4-5,16,22H,1-3,6-15H2,(H,21,24). The normalized spacial score (nSPS) is 17.3. The number of benzene rings is 1. The van der Waals surface area contributed by atoms with Gasteiger partial charge in [-0.15, -0.1) is 0 Å². The molecule has 2 heterocycles. The fourth-order valence-electron chi connectivity index (χ4n) is 3.29. The number of nitrogens with zero attached hydrogens (tertiary/aromatic N) is 1. The highest BCUT2D eigenvalue weighted by molar-refractivity contribution is 7.89. The van der Waals surface area contributed by atoms with Gasteiger partial charge in [-0.05, 0) is 31.5 Å². The molecule has 3 rings (SSSR count). The van der Waals surface area contributed by atoms with Crippen LogP contribution in [0.2, 0.25) is 0 Å². The Balaban J connectivity index is 1.33. The van der Waals surface area contributed by atoms with Crippen molar-refractivity contribution < 1.29 is 27.4 Å². The number of ether oxygens (including phenoxy) is 3. The van der Waals surface area contributed by atoms with Gasteiger partial charge in [-0.1, -0.05) is 0 Å². The van der Waals surface area contributed by atoms with Crippen molar-refractivity contribution in [1.29, 1.82) is 0 Å². The van der Waals surface area contributed by atoms with E-state index in [1.54, 1.807) is 6.07 Å². The van der Waals surface area contributed by atoms with Crippen molar-refractivity contribution in [3.63, 3.8) is 0 Å². The summed E-state index contributed by atoms with van der Waals surface area (Å²) in [7, 11) is -3.72. The van der Waals surface area contributed by atoms with E-state index in [9.17, 15) is 13.2 Å². The van der Waals surface area contributed by atoms with Gasteiger partial charge in [0.05, 0.1) is 31.3 Å². The van der Waals surface area contributed by atoms with Gasteiger partial charge in [-0.3, -0.25) is 9.69 Å². The number of hydrogen-bond donors (Lipinski definition) is 2. The Morgan fingerprint density at radius 3 is 2.57 bits per heavy atom. The number of amides is 1. The summed E-state index contributed by atoms with van der Waals surface area (Å²) in [6.07, 6.45) is 2.74. The topological polar surface area (TPSA) is 106 Å². The highest BCUT2D eigenvalue weighted by Crippen LogP contribution is 2.31. The van der Waals surface area contributed by atoms with E-state index < -0.39 is 10.0 Å². The maximum absolute atomic E-state index is 12.5. The molecule has 0 spiro atoms. The maximum Gasteiger partial charge on any atom is 0.240 e. The van der Waals surface area contributed by atoms with Crippen LogP contribution in [0.4, 0.5) is 0 Å². The summed E-state index contributed by atoms with van der Waals surface area (Å²) in [5, 5.41) is 2.84. The van der Waals surface area contributed by atoms with Gasteiger partial charge in [0, 0.05) is 45.1 Å². The minimum Gasteiger partial charge on any atom is -0.490 e. The molecule has 0 aliphatic carbocycles. The fourth-order valence-corrected chi connectivity index (χ4v) is 4.34. The van der Waals surface area contributed by atoms with Gasteiger partial charge in [0.2, 0.25) is 15.9 Å². The van der Waals surface area contributed by atoms with Gasteiger partial charge < -0.3 is 19.5 Å².